The first-order chi connectivity index (χ1) is 7.75. The minimum Gasteiger partial charge on any atom is -0.392 e. The van der Waals surface area contributed by atoms with E-state index in [9.17, 15) is 5.11 Å². The van der Waals surface area contributed by atoms with Crippen LogP contribution in [0.25, 0.3) is 0 Å². The molecule has 0 aliphatic rings. The fourth-order valence-corrected chi connectivity index (χ4v) is 2.45. The van der Waals surface area contributed by atoms with Crippen molar-refractivity contribution >= 4 is 22.9 Å². The molecule has 0 amide bonds. The monoisotopic (exact) mass is 253 g/mol. The van der Waals surface area contributed by atoms with Crippen molar-refractivity contribution in [1.82, 2.24) is 4.98 Å². The fraction of sp³-hybridized carbons (Fsp3) is 0.250. The van der Waals surface area contributed by atoms with Gasteiger partial charge in [0.25, 0.3) is 0 Å². The highest BCUT2D eigenvalue weighted by Gasteiger charge is 2.10. The largest absolute Gasteiger partial charge is 0.392 e. The fourth-order valence-electron chi connectivity index (χ4n) is 1.55. The van der Waals surface area contributed by atoms with E-state index in [2.05, 4.69) is 4.98 Å². The number of hydrogen-bond donors (Lipinski definition) is 1. The van der Waals surface area contributed by atoms with Gasteiger partial charge in [-0.3, -0.25) is 0 Å². The van der Waals surface area contributed by atoms with Crippen molar-refractivity contribution in [3.63, 3.8) is 0 Å². The second-order valence-corrected chi connectivity index (χ2v) is 4.97. The molecule has 0 aliphatic carbocycles. The Bertz CT molecular complexity index is 444. The summed E-state index contributed by atoms with van der Waals surface area (Å²) in [5.41, 5.74) is 0.980. The third-order valence-corrected chi connectivity index (χ3v) is 3.48. The van der Waals surface area contributed by atoms with Gasteiger partial charge in [-0.2, -0.15) is 0 Å². The standard InChI is InChI=1S/C12H12ClNOS/c13-11-4-2-1-3-9(11)7-10(15)8-12-14-5-6-16-12/h1-6,10,15H,7-8H2. The highest BCUT2D eigenvalue weighted by atomic mass is 35.5. The van der Waals surface area contributed by atoms with E-state index in [0.717, 1.165) is 10.6 Å². The number of thiazole rings is 1. The molecule has 1 atom stereocenters. The van der Waals surface area contributed by atoms with Crippen LogP contribution in [0.1, 0.15) is 10.6 Å². The molecule has 1 unspecified atom stereocenters. The number of halogens is 1. The van der Waals surface area contributed by atoms with Crippen molar-refractivity contribution in [3.8, 4) is 0 Å². The molecule has 0 radical (unpaired) electrons. The maximum atomic E-state index is 9.91. The average Bonchev–Trinajstić information content (AvgIpc) is 2.74. The maximum absolute atomic E-state index is 9.91. The van der Waals surface area contributed by atoms with Crippen LogP contribution in [0.3, 0.4) is 0 Å². The molecule has 4 heteroatoms. The molecule has 0 fully saturated rings. The van der Waals surface area contributed by atoms with Crippen LogP contribution in [0.5, 0.6) is 0 Å². The van der Waals surface area contributed by atoms with Gasteiger partial charge in [0.05, 0.1) is 11.1 Å². The lowest BCUT2D eigenvalue weighted by atomic mass is 10.1. The molecule has 0 saturated carbocycles. The molecule has 1 heterocycles. The van der Waals surface area contributed by atoms with E-state index in [0.29, 0.717) is 17.9 Å². The van der Waals surface area contributed by atoms with E-state index in [1.807, 2.05) is 29.6 Å². The number of nitrogens with zero attached hydrogens (tertiary/aromatic N) is 1. The summed E-state index contributed by atoms with van der Waals surface area (Å²) < 4.78 is 0. The van der Waals surface area contributed by atoms with Gasteiger partial charge in [-0.15, -0.1) is 11.3 Å². The minimum absolute atomic E-state index is 0.425. The van der Waals surface area contributed by atoms with Gasteiger partial charge >= 0.3 is 0 Å². The molecule has 0 spiro atoms. The van der Waals surface area contributed by atoms with E-state index in [-0.39, 0.29) is 0 Å². The van der Waals surface area contributed by atoms with Crippen LogP contribution in [0.15, 0.2) is 35.8 Å². The Hall–Kier alpha value is -0.900. The lowest BCUT2D eigenvalue weighted by molar-refractivity contribution is 0.175. The van der Waals surface area contributed by atoms with Crippen molar-refractivity contribution in [2.24, 2.45) is 0 Å². The van der Waals surface area contributed by atoms with Crippen LogP contribution in [0.4, 0.5) is 0 Å². The van der Waals surface area contributed by atoms with Crippen LogP contribution in [-0.2, 0) is 12.8 Å². The first-order valence-electron chi connectivity index (χ1n) is 5.05. The van der Waals surface area contributed by atoms with Gasteiger partial charge in [0.2, 0.25) is 0 Å². The summed E-state index contributed by atoms with van der Waals surface area (Å²) in [7, 11) is 0. The normalized spacial score (nSPS) is 12.6. The third kappa shape index (κ3) is 3.04. The van der Waals surface area contributed by atoms with E-state index in [1.165, 1.54) is 0 Å². The lowest BCUT2D eigenvalue weighted by Crippen LogP contribution is -2.13. The summed E-state index contributed by atoms with van der Waals surface area (Å²) in [5, 5.41) is 13.5. The second-order valence-electron chi connectivity index (χ2n) is 3.58. The zero-order chi connectivity index (χ0) is 11.4. The highest BCUT2D eigenvalue weighted by Crippen LogP contribution is 2.18. The summed E-state index contributed by atoms with van der Waals surface area (Å²) in [6, 6.07) is 7.59. The summed E-state index contributed by atoms with van der Waals surface area (Å²) in [6.45, 7) is 0. The van der Waals surface area contributed by atoms with Crippen molar-refractivity contribution < 1.29 is 5.11 Å². The number of aromatic nitrogens is 1. The van der Waals surface area contributed by atoms with Crippen LogP contribution in [0, 0.1) is 0 Å². The van der Waals surface area contributed by atoms with E-state index >= 15 is 0 Å². The molecule has 2 rings (SSSR count). The molecular formula is C12H12ClNOS. The number of benzene rings is 1. The Morgan fingerprint density at radius 3 is 2.81 bits per heavy atom. The Balaban J connectivity index is 1.97. The van der Waals surface area contributed by atoms with Gasteiger partial charge in [0.15, 0.2) is 0 Å². The van der Waals surface area contributed by atoms with Crippen molar-refractivity contribution in [2.75, 3.05) is 0 Å². The number of rotatable bonds is 4. The van der Waals surface area contributed by atoms with Crippen LogP contribution in [-0.4, -0.2) is 16.2 Å². The van der Waals surface area contributed by atoms with E-state index in [1.54, 1.807) is 17.5 Å². The van der Waals surface area contributed by atoms with Gasteiger partial charge in [0.1, 0.15) is 0 Å². The quantitative estimate of drug-likeness (QED) is 0.909. The van der Waals surface area contributed by atoms with Crippen molar-refractivity contribution in [1.29, 1.82) is 0 Å². The molecule has 1 aromatic carbocycles. The Kier molecular flexibility index (Phi) is 3.93. The Morgan fingerprint density at radius 2 is 2.12 bits per heavy atom. The zero-order valence-corrected chi connectivity index (χ0v) is 10.2. The topological polar surface area (TPSA) is 33.1 Å². The molecule has 0 saturated heterocycles. The average molecular weight is 254 g/mol. The van der Waals surface area contributed by atoms with E-state index < -0.39 is 6.10 Å². The molecule has 84 valence electrons. The molecule has 0 bridgehead atoms. The predicted molar refractivity (Wildman–Crippen MR) is 67.0 cm³/mol. The Labute approximate surface area is 104 Å². The molecule has 1 aromatic heterocycles. The van der Waals surface area contributed by atoms with Gasteiger partial charge in [-0.05, 0) is 11.6 Å². The van der Waals surface area contributed by atoms with Gasteiger partial charge < -0.3 is 5.11 Å². The smallest absolute Gasteiger partial charge is 0.0950 e. The van der Waals surface area contributed by atoms with E-state index in [4.69, 9.17) is 11.6 Å². The minimum atomic E-state index is -0.425. The van der Waals surface area contributed by atoms with Crippen molar-refractivity contribution in [3.05, 3.63) is 51.4 Å². The molecule has 2 nitrogen and oxygen atoms in total. The molecule has 0 aliphatic heterocycles. The van der Waals surface area contributed by atoms with Crippen LogP contribution < -0.4 is 0 Å². The predicted octanol–water partition coefficient (Wildman–Crippen LogP) is 2.94. The highest BCUT2D eigenvalue weighted by molar-refractivity contribution is 7.09. The molecule has 16 heavy (non-hydrogen) atoms. The molecule has 1 N–H and O–H groups in total. The van der Waals surface area contributed by atoms with Crippen molar-refractivity contribution in [2.45, 2.75) is 18.9 Å². The second kappa shape index (κ2) is 5.43. The van der Waals surface area contributed by atoms with Gasteiger partial charge in [-0.25, -0.2) is 4.98 Å². The summed E-state index contributed by atoms with van der Waals surface area (Å²) in [6.07, 6.45) is 2.48. The molecular weight excluding hydrogens is 242 g/mol. The summed E-state index contributed by atoms with van der Waals surface area (Å²) >= 11 is 7.59. The summed E-state index contributed by atoms with van der Waals surface area (Å²) in [5.74, 6) is 0. The van der Waals surface area contributed by atoms with Gasteiger partial charge in [0, 0.05) is 29.4 Å². The van der Waals surface area contributed by atoms with Crippen LogP contribution >= 0.6 is 22.9 Å². The zero-order valence-electron chi connectivity index (χ0n) is 8.64. The summed E-state index contributed by atoms with van der Waals surface area (Å²) in [4.78, 5) is 4.15. The van der Waals surface area contributed by atoms with Gasteiger partial charge in [-0.1, -0.05) is 29.8 Å². The number of aliphatic hydroxyl groups excluding tert-OH is 1. The first kappa shape index (κ1) is 11.6. The van der Waals surface area contributed by atoms with Crippen LogP contribution in [0.2, 0.25) is 5.02 Å². The third-order valence-electron chi connectivity index (χ3n) is 2.31. The first-order valence-corrected chi connectivity index (χ1v) is 6.31. The number of aliphatic hydroxyl groups is 1. The SMILES string of the molecule is OC(Cc1nccs1)Cc1ccccc1Cl. The lowest BCUT2D eigenvalue weighted by Gasteiger charge is -2.09. The maximum Gasteiger partial charge on any atom is 0.0950 e. The number of hydrogen-bond acceptors (Lipinski definition) is 3. The molecule has 2 aromatic rings. The Morgan fingerprint density at radius 1 is 1.31 bits per heavy atom.